The third kappa shape index (κ3) is 3.05. The summed E-state index contributed by atoms with van der Waals surface area (Å²) in [7, 11) is 0. The van der Waals surface area contributed by atoms with Crippen molar-refractivity contribution >= 4 is 22.7 Å². The maximum absolute atomic E-state index is 5.79. The van der Waals surface area contributed by atoms with E-state index < -0.39 is 0 Å². The van der Waals surface area contributed by atoms with Crippen LogP contribution in [0.25, 0.3) is 0 Å². The monoisotopic (exact) mass is 260 g/mol. The Kier molecular flexibility index (Phi) is 4.26. The summed E-state index contributed by atoms with van der Waals surface area (Å²) in [5.41, 5.74) is 8.98. The number of anilines is 2. The summed E-state index contributed by atoms with van der Waals surface area (Å²) in [6.45, 7) is 4.31. The third-order valence-corrected chi connectivity index (χ3v) is 4.03. The standard InChI is InChI=1S/C15H20N2S/c1-3-5-14(15-6-4-9-18-15)17-13-8-7-12(16)10-11(13)2/h4,6-10,14,17H,3,5,16H2,1-2H3. The van der Waals surface area contributed by atoms with Crippen LogP contribution in [0.5, 0.6) is 0 Å². The molecule has 3 N–H and O–H groups in total. The summed E-state index contributed by atoms with van der Waals surface area (Å²) < 4.78 is 0. The summed E-state index contributed by atoms with van der Waals surface area (Å²) in [6, 6.07) is 10.7. The molecule has 1 aromatic carbocycles. The van der Waals surface area contributed by atoms with Gasteiger partial charge >= 0.3 is 0 Å². The van der Waals surface area contributed by atoms with Crippen LogP contribution >= 0.6 is 11.3 Å². The van der Waals surface area contributed by atoms with E-state index in [0.717, 1.165) is 12.1 Å². The van der Waals surface area contributed by atoms with Crippen molar-refractivity contribution in [2.24, 2.45) is 0 Å². The molecule has 2 aromatic rings. The van der Waals surface area contributed by atoms with Crippen LogP contribution in [0, 0.1) is 6.92 Å². The Bertz CT molecular complexity index is 491. The summed E-state index contributed by atoms with van der Waals surface area (Å²) in [4.78, 5) is 1.40. The van der Waals surface area contributed by atoms with Crippen molar-refractivity contribution in [3.05, 3.63) is 46.2 Å². The maximum Gasteiger partial charge on any atom is 0.0606 e. The van der Waals surface area contributed by atoms with E-state index in [-0.39, 0.29) is 0 Å². The Hall–Kier alpha value is -1.48. The van der Waals surface area contributed by atoms with Crippen LogP contribution in [-0.2, 0) is 0 Å². The second-order valence-electron chi connectivity index (χ2n) is 4.58. The van der Waals surface area contributed by atoms with E-state index in [4.69, 9.17) is 5.73 Å². The molecule has 0 bridgehead atoms. The molecule has 1 heterocycles. The van der Waals surface area contributed by atoms with Crippen molar-refractivity contribution in [1.29, 1.82) is 0 Å². The van der Waals surface area contributed by atoms with Gasteiger partial charge in [-0.15, -0.1) is 11.3 Å². The van der Waals surface area contributed by atoms with Gasteiger partial charge in [0.2, 0.25) is 0 Å². The lowest BCUT2D eigenvalue weighted by molar-refractivity contribution is 0.687. The number of thiophene rings is 1. The number of rotatable bonds is 5. The predicted octanol–water partition coefficient (Wildman–Crippen LogP) is 4.59. The van der Waals surface area contributed by atoms with Gasteiger partial charge in [-0.3, -0.25) is 0 Å². The lowest BCUT2D eigenvalue weighted by Crippen LogP contribution is -2.10. The van der Waals surface area contributed by atoms with E-state index in [1.54, 1.807) is 0 Å². The van der Waals surface area contributed by atoms with Gasteiger partial charge in [-0.05, 0) is 48.6 Å². The number of nitrogens with one attached hydrogen (secondary N) is 1. The van der Waals surface area contributed by atoms with Gasteiger partial charge in [0.1, 0.15) is 0 Å². The normalized spacial score (nSPS) is 12.3. The number of aryl methyl sites for hydroxylation is 1. The zero-order valence-corrected chi connectivity index (χ0v) is 11.8. The highest BCUT2D eigenvalue weighted by Crippen LogP contribution is 2.29. The number of benzene rings is 1. The van der Waals surface area contributed by atoms with Gasteiger partial charge in [0.25, 0.3) is 0 Å². The van der Waals surface area contributed by atoms with Gasteiger partial charge in [0, 0.05) is 16.3 Å². The topological polar surface area (TPSA) is 38.0 Å². The first kappa shape index (κ1) is 13.0. The smallest absolute Gasteiger partial charge is 0.0606 e. The first-order valence-electron chi connectivity index (χ1n) is 6.36. The molecule has 0 spiro atoms. The van der Waals surface area contributed by atoms with Crippen LogP contribution in [-0.4, -0.2) is 0 Å². The van der Waals surface area contributed by atoms with Crippen molar-refractivity contribution in [1.82, 2.24) is 0 Å². The molecule has 18 heavy (non-hydrogen) atoms. The van der Waals surface area contributed by atoms with Gasteiger partial charge < -0.3 is 11.1 Å². The molecule has 2 rings (SSSR count). The zero-order chi connectivity index (χ0) is 13.0. The van der Waals surface area contributed by atoms with Crippen molar-refractivity contribution in [3.8, 4) is 0 Å². The summed E-state index contributed by atoms with van der Waals surface area (Å²) >= 11 is 1.81. The third-order valence-electron chi connectivity index (χ3n) is 3.04. The van der Waals surface area contributed by atoms with Crippen molar-refractivity contribution in [2.75, 3.05) is 11.1 Å². The van der Waals surface area contributed by atoms with Crippen LogP contribution in [0.4, 0.5) is 11.4 Å². The number of nitrogens with two attached hydrogens (primary N) is 1. The van der Waals surface area contributed by atoms with Gasteiger partial charge in [-0.25, -0.2) is 0 Å². The number of hydrogen-bond acceptors (Lipinski definition) is 3. The average Bonchev–Trinajstić information content (AvgIpc) is 2.85. The van der Waals surface area contributed by atoms with Gasteiger partial charge in [-0.2, -0.15) is 0 Å². The van der Waals surface area contributed by atoms with E-state index in [0.29, 0.717) is 6.04 Å². The number of nitrogen functional groups attached to an aromatic ring is 1. The Balaban J connectivity index is 2.18. The average molecular weight is 260 g/mol. The molecular formula is C15H20N2S. The highest BCUT2D eigenvalue weighted by molar-refractivity contribution is 7.10. The molecule has 2 nitrogen and oxygen atoms in total. The van der Waals surface area contributed by atoms with Crippen LogP contribution < -0.4 is 11.1 Å². The molecule has 0 aliphatic carbocycles. The molecule has 3 heteroatoms. The first-order chi connectivity index (χ1) is 8.70. The minimum atomic E-state index is 0.400. The maximum atomic E-state index is 5.79. The lowest BCUT2D eigenvalue weighted by Gasteiger charge is -2.19. The van der Waals surface area contributed by atoms with Crippen LogP contribution in [0.3, 0.4) is 0 Å². The van der Waals surface area contributed by atoms with Gasteiger partial charge in [0.15, 0.2) is 0 Å². The number of hydrogen-bond donors (Lipinski definition) is 2. The molecule has 0 aliphatic heterocycles. The summed E-state index contributed by atoms with van der Waals surface area (Å²) in [5, 5.41) is 5.77. The van der Waals surface area contributed by atoms with Crippen LogP contribution in [0.1, 0.15) is 36.2 Å². The zero-order valence-electron chi connectivity index (χ0n) is 10.9. The van der Waals surface area contributed by atoms with Gasteiger partial charge in [0.05, 0.1) is 6.04 Å². The van der Waals surface area contributed by atoms with E-state index >= 15 is 0 Å². The molecule has 0 saturated carbocycles. The molecule has 0 aliphatic rings. The lowest BCUT2D eigenvalue weighted by atomic mass is 10.1. The Morgan fingerprint density at radius 1 is 1.33 bits per heavy atom. The largest absolute Gasteiger partial charge is 0.399 e. The quantitative estimate of drug-likeness (QED) is 0.771. The highest BCUT2D eigenvalue weighted by atomic mass is 32.1. The molecular weight excluding hydrogens is 240 g/mol. The fourth-order valence-electron chi connectivity index (χ4n) is 2.10. The second-order valence-corrected chi connectivity index (χ2v) is 5.55. The Labute approximate surface area is 113 Å². The van der Waals surface area contributed by atoms with Gasteiger partial charge in [-0.1, -0.05) is 19.4 Å². The molecule has 1 unspecified atom stereocenters. The molecule has 1 atom stereocenters. The predicted molar refractivity (Wildman–Crippen MR) is 81.2 cm³/mol. The van der Waals surface area contributed by atoms with Crippen molar-refractivity contribution in [2.45, 2.75) is 32.7 Å². The van der Waals surface area contributed by atoms with Crippen LogP contribution in [0.2, 0.25) is 0 Å². The van der Waals surface area contributed by atoms with E-state index in [1.165, 1.54) is 22.5 Å². The highest BCUT2D eigenvalue weighted by Gasteiger charge is 2.12. The first-order valence-corrected chi connectivity index (χ1v) is 7.24. The molecule has 0 saturated heterocycles. The fraction of sp³-hybridized carbons (Fsp3) is 0.333. The Morgan fingerprint density at radius 3 is 2.78 bits per heavy atom. The second kappa shape index (κ2) is 5.91. The molecule has 96 valence electrons. The minimum Gasteiger partial charge on any atom is -0.399 e. The van der Waals surface area contributed by atoms with E-state index in [2.05, 4.69) is 42.7 Å². The van der Waals surface area contributed by atoms with Crippen molar-refractivity contribution in [3.63, 3.8) is 0 Å². The summed E-state index contributed by atoms with van der Waals surface area (Å²) in [6.07, 6.45) is 2.31. The summed E-state index contributed by atoms with van der Waals surface area (Å²) in [5.74, 6) is 0. The van der Waals surface area contributed by atoms with Crippen molar-refractivity contribution < 1.29 is 0 Å². The minimum absolute atomic E-state index is 0.400. The molecule has 0 radical (unpaired) electrons. The van der Waals surface area contributed by atoms with E-state index in [9.17, 15) is 0 Å². The molecule has 0 fully saturated rings. The van der Waals surface area contributed by atoms with E-state index in [1.807, 2.05) is 23.5 Å². The Morgan fingerprint density at radius 2 is 2.17 bits per heavy atom. The molecule has 1 aromatic heterocycles. The van der Waals surface area contributed by atoms with Crippen LogP contribution in [0.15, 0.2) is 35.7 Å². The molecule has 0 amide bonds. The SMILES string of the molecule is CCCC(Nc1ccc(N)cc1C)c1cccs1. The fourth-order valence-corrected chi connectivity index (χ4v) is 2.91.